The van der Waals surface area contributed by atoms with Crippen molar-refractivity contribution in [2.45, 2.75) is 25.7 Å². The molecule has 30 heavy (non-hydrogen) atoms. The Bertz CT molecular complexity index is 821. The summed E-state index contributed by atoms with van der Waals surface area (Å²) in [6, 6.07) is 16.5. The topological polar surface area (TPSA) is 55.8 Å². The molecule has 0 bridgehead atoms. The smallest absolute Gasteiger partial charge is 0.418 e. The summed E-state index contributed by atoms with van der Waals surface area (Å²) < 4.78 is 11.0. The van der Waals surface area contributed by atoms with Gasteiger partial charge in [-0.25, -0.2) is 9.69 Å². The van der Waals surface area contributed by atoms with E-state index in [0.717, 1.165) is 31.4 Å². The summed E-state index contributed by atoms with van der Waals surface area (Å²) in [5.41, 5.74) is 1.44. The predicted molar refractivity (Wildman–Crippen MR) is 119 cm³/mol. The van der Waals surface area contributed by atoms with E-state index in [1.807, 2.05) is 30.3 Å². The van der Waals surface area contributed by atoms with Gasteiger partial charge in [0.15, 0.2) is 0 Å². The quantitative estimate of drug-likeness (QED) is 0.449. The fourth-order valence-corrected chi connectivity index (χ4v) is 3.85. The third kappa shape index (κ3) is 6.73. The summed E-state index contributed by atoms with van der Waals surface area (Å²) in [7, 11) is 0. The lowest BCUT2D eigenvalue weighted by Crippen LogP contribution is -2.30. The maximum atomic E-state index is 12.9. The van der Waals surface area contributed by atoms with Crippen molar-refractivity contribution < 1.29 is 19.1 Å². The molecule has 2 aromatic rings. The summed E-state index contributed by atoms with van der Waals surface area (Å²) in [5, 5.41) is 0.135. The van der Waals surface area contributed by atoms with E-state index < -0.39 is 11.3 Å². The van der Waals surface area contributed by atoms with E-state index >= 15 is 0 Å². The van der Waals surface area contributed by atoms with E-state index in [9.17, 15) is 9.59 Å². The number of nitrogens with zero attached hydrogens (tertiary/aromatic N) is 1. The highest BCUT2D eigenvalue weighted by atomic mass is 35.5. The van der Waals surface area contributed by atoms with Gasteiger partial charge >= 0.3 is 6.09 Å². The Morgan fingerprint density at radius 3 is 2.03 bits per heavy atom. The van der Waals surface area contributed by atoms with E-state index in [1.165, 1.54) is 0 Å². The van der Waals surface area contributed by atoms with Crippen molar-refractivity contribution in [1.82, 2.24) is 0 Å². The lowest BCUT2D eigenvalue weighted by atomic mass is 9.83. The van der Waals surface area contributed by atoms with Gasteiger partial charge in [0.25, 0.3) is 0 Å². The highest BCUT2D eigenvalue weighted by Gasteiger charge is 2.25. The molecule has 1 aliphatic carbocycles. The van der Waals surface area contributed by atoms with Crippen molar-refractivity contribution in [3.63, 3.8) is 0 Å². The number of carbonyl (C=O) groups excluding carboxylic acids is 2. The molecule has 0 spiro atoms. The van der Waals surface area contributed by atoms with Crippen LogP contribution in [0, 0.1) is 11.8 Å². The van der Waals surface area contributed by atoms with Gasteiger partial charge in [0.2, 0.25) is 5.24 Å². The van der Waals surface area contributed by atoms with Gasteiger partial charge in [-0.2, -0.15) is 0 Å². The minimum atomic E-state index is -0.473. The number of para-hydroxylation sites is 1. The number of hydrogen-bond acceptors (Lipinski definition) is 4. The molecule has 0 N–H and O–H groups in total. The van der Waals surface area contributed by atoms with E-state index in [2.05, 4.69) is 0 Å². The molecular weight excluding hydrogens is 425 g/mol. The van der Waals surface area contributed by atoms with Crippen molar-refractivity contribution in [1.29, 1.82) is 0 Å². The molecule has 0 saturated heterocycles. The highest BCUT2D eigenvalue weighted by Crippen LogP contribution is 2.31. The fraction of sp³-hybridized carbons (Fsp3) is 0.391. The standard InChI is InChI=1S/C23H25Cl2NO4/c24-19-10-12-21(13-11-19)26(20-4-2-1-3-5-20)23(28)30-15-18-8-6-17(7-9-18)14-29-16-22(25)27/h1-5,10-13,17-18H,6-9,14-16H2. The van der Waals surface area contributed by atoms with Crippen LogP contribution in [0.5, 0.6) is 0 Å². The molecule has 5 nitrogen and oxygen atoms in total. The molecule has 0 aromatic heterocycles. The minimum Gasteiger partial charge on any atom is -0.449 e. The Morgan fingerprint density at radius 2 is 1.43 bits per heavy atom. The fourth-order valence-electron chi connectivity index (χ4n) is 3.65. The zero-order valence-corrected chi connectivity index (χ0v) is 18.1. The first-order chi connectivity index (χ1) is 14.5. The average molecular weight is 450 g/mol. The monoisotopic (exact) mass is 449 g/mol. The molecule has 1 saturated carbocycles. The summed E-state index contributed by atoms with van der Waals surface area (Å²) in [4.78, 5) is 25.2. The number of amides is 1. The second-order valence-corrected chi connectivity index (χ2v) is 8.34. The van der Waals surface area contributed by atoms with Gasteiger partial charge in [0.05, 0.1) is 24.6 Å². The summed E-state index contributed by atoms with van der Waals surface area (Å²) in [5.74, 6) is 0.741. The Labute approximate surface area is 186 Å². The molecule has 0 unspecified atom stereocenters. The van der Waals surface area contributed by atoms with Crippen LogP contribution in [0.1, 0.15) is 25.7 Å². The number of hydrogen-bond donors (Lipinski definition) is 0. The number of carbonyl (C=O) groups is 2. The third-order valence-electron chi connectivity index (χ3n) is 5.26. The summed E-state index contributed by atoms with van der Waals surface area (Å²) >= 11 is 11.3. The predicted octanol–water partition coefficient (Wildman–Crippen LogP) is 6.20. The first-order valence-electron chi connectivity index (χ1n) is 10.1. The Hall–Kier alpha value is -2.08. The maximum absolute atomic E-state index is 12.9. The van der Waals surface area contributed by atoms with Gasteiger partial charge in [-0.05, 0) is 85.5 Å². The van der Waals surface area contributed by atoms with Crippen LogP contribution in [-0.2, 0) is 14.3 Å². The van der Waals surface area contributed by atoms with Gasteiger partial charge in [0, 0.05) is 5.02 Å². The molecule has 2 aromatic carbocycles. The SMILES string of the molecule is O=C(Cl)COCC1CCC(COC(=O)N(c2ccccc2)c2ccc(Cl)cc2)CC1. The van der Waals surface area contributed by atoms with Gasteiger partial charge in [0.1, 0.15) is 6.61 Å². The molecule has 7 heteroatoms. The van der Waals surface area contributed by atoms with Crippen LogP contribution in [0.15, 0.2) is 54.6 Å². The van der Waals surface area contributed by atoms with E-state index in [4.69, 9.17) is 32.7 Å². The Balaban J connectivity index is 1.54. The first-order valence-corrected chi connectivity index (χ1v) is 10.8. The number of rotatable bonds is 8. The lowest BCUT2D eigenvalue weighted by Gasteiger charge is -2.29. The minimum absolute atomic E-state index is 0.0425. The number of halogens is 2. The Kier molecular flexibility index (Phi) is 8.55. The zero-order valence-electron chi connectivity index (χ0n) is 16.6. The van der Waals surface area contributed by atoms with Gasteiger partial charge in [-0.15, -0.1) is 0 Å². The first kappa shape index (κ1) is 22.6. The number of ether oxygens (including phenoxy) is 2. The third-order valence-corrected chi connectivity index (χ3v) is 5.62. The zero-order chi connectivity index (χ0) is 21.3. The van der Waals surface area contributed by atoms with Gasteiger partial charge < -0.3 is 9.47 Å². The average Bonchev–Trinajstić information content (AvgIpc) is 2.75. The van der Waals surface area contributed by atoms with Gasteiger partial charge in [-0.3, -0.25) is 4.79 Å². The molecule has 0 atom stereocenters. The van der Waals surface area contributed by atoms with Crippen molar-refractivity contribution in [2.75, 3.05) is 24.7 Å². The molecule has 3 rings (SSSR count). The summed E-state index contributed by atoms with van der Waals surface area (Å²) in [6.45, 7) is 0.881. The van der Waals surface area contributed by atoms with Crippen LogP contribution in [0.2, 0.25) is 5.02 Å². The Morgan fingerprint density at radius 1 is 0.867 bits per heavy atom. The molecule has 1 amide bonds. The van der Waals surface area contributed by atoms with Crippen molar-refractivity contribution in [3.8, 4) is 0 Å². The van der Waals surface area contributed by atoms with Crippen LogP contribution < -0.4 is 4.90 Å². The van der Waals surface area contributed by atoms with Crippen molar-refractivity contribution in [3.05, 3.63) is 59.6 Å². The van der Waals surface area contributed by atoms with Gasteiger partial charge in [-0.1, -0.05) is 29.8 Å². The molecule has 1 fully saturated rings. The molecule has 160 valence electrons. The van der Waals surface area contributed by atoms with E-state index in [0.29, 0.717) is 35.8 Å². The normalized spacial score (nSPS) is 18.6. The molecule has 0 aliphatic heterocycles. The largest absolute Gasteiger partial charge is 0.449 e. The van der Waals surface area contributed by atoms with Crippen LogP contribution in [0.3, 0.4) is 0 Å². The van der Waals surface area contributed by atoms with Crippen LogP contribution >= 0.6 is 23.2 Å². The molecule has 0 radical (unpaired) electrons. The van der Waals surface area contributed by atoms with E-state index in [-0.39, 0.29) is 6.61 Å². The molecular formula is C23H25Cl2NO4. The van der Waals surface area contributed by atoms with Crippen molar-refractivity contribution in [2.24, 2.45) is 11.8 Å². The molecule has 0 heterocycles. The maximum Gasteiger partial charge on any atom is 0.418 e. The van der Waals surface area contributed by atoms with E-state index in [1.54, 1.807) is 29.2 Å². The van der Waals surface area contributed by atoms with Crippen LogP contribution in [0.4, 0.5) is 16.2 Å². The summed E-state index contributed by atoms with van der Waals surface area (Å²) in [6.07, 6.45) is 3.48. The molecule has 1 aliphatic rings. The second kappa shape index (κ2) is 11.3. The van der Waals surface area contributed by atoms with Crippen LogP contribution in [0.25, 0.3) is 0 Å². The number of anilines is 2. The van der Waals surface area contributed by atoms with Crippen molar-refractivity contribution >= 4 is 45.9 Å². The highest BCUT2D eigenvalue weighted by molar-refractivity contribution is 6.63. The lowest BCUT2D eigenvalue weighted by molar-refractivity contribution is -0.116. The second-order valence-electron chi connectivity index (χ2n) is 7.48. The van der Waals surface area contributed by atoms with Crippen LogP contribution in [-0.4, -0.2) is 31.2 Å². The number of benzene rings is 2.